The van der Waals surface area contributed by atoms with Gasteiger partial charge in [0.25, 0.3) is 5.91 Å². The van der Waals surface area contributed by atoms with Gasteiger partial charge in [0.1, 0.15) is 0 Å². The number of imidazole rings is 1. The quantitative estimate of drug-likeness (QED) is 0.796. The zero-order valence-corrected chi connectivity index (χ0v) is 13.7. The largest absolute Gasteiger partial charge is 0.454 e. The fourth-order valence-corrected chi connectivity index (χ4v) is 2.74. The number of hydrogen-bond donors (Lipinski definition) is 1. The van der Waals surface area contributed by atoms with Gasteiger partial charge in [-0.2, -0.15) is 0 Å². The summed E-state index contributed by atoms with van der Waals surface area (Å²) in [6, 6.07) is 12.9. The number of hydrogen-bond acceptors (Lipinski definition) is 4. The van der Waals surface area contributed by atoms with Crippen LogP contribution in [0.15, 0.2) is 61.2 Å². The Bertz CT molecular complexity index is 889. The summed E-state index contributed by atoms with van der Waals surface area (Å²) >= 11 is 0. The Labute approximate surface area is 145 Å². The molecule has 4 rings (SSSR count). The smallest absolute Gasteiger partial charge is 0.251 e. The molecule has 25 heavy (non-hydrogen) atoms. The number of fused-ring (bicyclic) bond motifs is 1. The molecule has 1 amide bonds. The Balaban J connectivity index is 1.46. The second-order valence-corrected chi connectivity index (χ2v) is 5.82. The number of carbonyl (C=O) groups is 1. The number of benzene rings is 2. The topological polar surface area (TPSA) is 65.4 Å². The van der Waals surface area contributed by atoms with E-state index in [-0.39, 0.29) is 18.7 Å². The van der Waals surface area contributed by atoms with Crippen LogP contribution in [0, 0.1) is 0 Å². The molecule has 0 spiro atoms. The minimum absolute atomic E-state index is 0.123. The maximum Gasteiger partial charge on any atom is 0.251 e. The van der Waals surface area contributed by atoms with Crippen LogP contribution >= 0.6 is 0 Å². The van der Waals surface area contributed by atoms with Crippen molar-refractivity contribution in [3.8, 4) is 17.2 Å². The first kappa shape index (κ1) is 15.3. The predicted octanol–water partition coefficient (Wildman–Crippen LogP) is 3.09. The van der Waals surface area contributed by atoms with Gasteiger partial charge < -0.3 is 19.4 Å². The molecule has 1 aromatic heterocycles. The van der Waals surface area contributed by atoms with Crippen molar-refractivity contribution < 1.29 is 14.3 Å². The molecule has 2 heterocycles. The highest BCUT2D eigenvalue weighted by Gasteiger charge is 2.17. The lowest BCUT2D eigenvalue weighted by atomic mass is 10.1. The molecule has 2 aromatic carbocycles. The standard InChI is InChI=1S/C19H17N3O3/c1-13(15-4-7-17-18(10-15)25-12-24-17)21-19(23)14-2-5-16(6-3-14)22-9-8-20-11-22/h2-11,13H,12H2,1H3,(H,21,23). The summed E-state index contributed by atoms with van der Waals surface area (Å²) in [5, 5.41) is 3.00. The average molecular weight is 335 g/mol. The number of nitrogens with zero attached hydrogens (tertiary/aromatic N) is 2. The van der Waals surface area contributed by atoms with Crippen molar-refractivity contribution >= 4 is 5.91 Å². The summed E-state index contributed by atoms with van der Waals surface area (Å²) in [5.41, 5.74) is 2.53. The van der Waals surface area contributed by atoms with Crippen LogP contribution < -0.4 is 14.8 Å². The molecule has 0 saturated carbocycles. The van der Waals surface area contributed by atoms with Gasteiger partial charge >= 0.3 is 0 Å². The van der Waals surface area contributed by atoms with Crippen LogP contribution in [0.1, 0.15) is 28.9 Å². The van der Waals surface area contributed by atoms with Gasteiger partial charge in [-0.25, -0.2) is 4.98 Å². The fraction of sp³-hybridized carbons (Fsp3) is 0.158. The Kier molecular flexibility index (Phi) is 3.85. The van der Waals surface area contributed by atoms with Gasteiger partial charge in [-0.15, -0.1) is 0 Å². The van der Waals surface area contributed by atoms with Crippen LogP contribution in [-0.2, 0) is 0 Å². The van der Waals surface area contributed by atoms with Crippen LogP contribution in [0.2, 0.25) is 0 Å². The molecule has 6 nitrogen and oxygen atoms in total. The first-order valence-electron chi connectivity index (χ1n) is 7.99. The van der Waals surface area contributed by atoms with E-state index in [1.807, 2.05) is 48.0 Å². The first-order chi connectivity index (χ1) is 12.2. The van der Waals surface area contributed by atoms with Crippen molar-refractivity contribution in [3.63, 3.8) is 0 Å². The summed E-state index contributed by atoms with van der Waals surface area (Å²) < 4.78 is 12.6. The highest BCUT2D eigenvalue weighted by molar-refractivity contribution is 5.94. The van der Waals surface area contributed by atoms with Gasteiger partial charge in [0.2, 0.25) is 6.79 Å². The van der Waals surface area contributed by atoms with Crippen molar-refractivity contribution in [1.82, 2.24) is 14.9 Å². The third-order valence-electron chi connectivity index (χ3n) is 4.18. The maximum absolute atomic E-state index is 12.5. The van der Waals surface area contributed by atoms with Crippen LogP contribution in [0.25, 0.3) is 5.69 Å². The molecule has 1 atom stereocenters. The number of carbonyl (C=O) groups excluding carboxylic acids is 1. The average Bonchev–Trinajstić information content (AvgIpc) is 3.32. The predicted molar refractivity (Wildman–Crippen MR) is 92.0 cm³/mol. The second-order valence-electron chi connectivity index (χ2n) is 5.82. The molecule has 0 radical (unpaired) electrons. The molecular formula is C19H17N3O3. The second kappa shape index (κ2) is 6.32. The van der Waals surface area contributed by atoms with E-state index in [0.717, 1.165) is 17.0 Å². The monoisotopic (exact) mass is 335 g/mol. The molecule has 1 aliphatic heterocycles. The molecule has 0 aliphatic carbocycles. The van der Waals surface area contributed by atoms with Gasteiger partial charge in [-0.05, 0) is 48.9 Å². The van der Waals surface area contributed by atoms with E-state index < -0.39 is 0 Å². The zero-order valence-electron chi connectivity index (χ0n) is 13.7. The molecule has 0 bridgehead atoms. The van der Waals surface area contributed by atoms with E-state index >= 15 is 0 Å². The SMILES string of the molecule is CC(NC(=O)c1ccc(-n2ccnc2)cc1)c1ccc2c(c1)OCO2. The molecule has 6 heteroatoms. The summed E-state index contributed by atoms with van der Waals surface area (Å²) in [4.78, 5) is 16.5. The normalized spacial score (nSPS) is 13.5. The number of rotatable bonds is 4. The van der Waals surface area contributed by atoms with E-state index in [9.17, 15) is 4.79 Å². The highest BCUT2D eigenvalue weighted by atomic mass is 16.7. The lowest BCUT2D eigenvalue weighted by molar-refractivity contribution is 0.0940. The molecule has 1 unspecified atom stereocenters. The summed E-state index contributed by atoms with van der Waals surface area (Å²) in [6.07, 6.45) is 5.29. The third kappa shape index (κ3) is 3.06. The van der Waals surface area contributed by atoms with Gasteiger partial charge in [0.15, 0.2) is 11.5 Å². The lowest BCUT2D eigenvalue weighted by Crippen LogP contribution is -2.26. The Morgan fingerprint density at radius 3 is 2.72 bits per heavy atom. The molecule has 1 aliphatic rings. The molecule has 126 valence electrons. The first-order valence-corrected chi connectivity index (χ1v) is 7.99. The van der Waals surface area contributed by atoms with Gasteiger partial charge in [0.05, 0.1) is 12.4 Å². The number of aromatic nitrogens is 2. The van der Waals surface area contributed by atoms with Crippen molar-refractivity contribution in [1.29, 1.82) is 0 Å². The van der Waals surface area contributed by atoms with Crippen LogP contribution in [-0.4, -0.2) is 22.3 Å². The molecule has 3 aromatic rings. The summed E-state index contributed by atoms with van der Waals surface area (Å²) in [6.45, 7) is 2.18. The summed E-state index contributed by atoms with van der Waals surface area (Å²) in [7, 11) is 0. The zero-order chi connectivity index (χ0) is 17.2. The van der Waals surface area contributed by atoms with E-state index in [1.165, 1.54) is 0 Å². The van der Waals surface area contributed by atoms with Crippen molar-refractivity contribution in [2.24, 2.45) is 0 Å². The molecule has 0 saturated heterocycles. The van der Waals surface area contributed by atoms with Crippen molar-refractivity contribution in [2.45, 2.75) is 13.0 Å². The number of amides is 1. The maximum atomic E-state index is 12.5. The third-order valence-corrected chi connectivity index (χ3v) is 4.18. The van der Waals surface area contributed by atoms with Crippen molar-refractivity contribution in [2.75, 3.05) is 6.79 Å². The van der Waals surface area contributed by atoms with Crippen LogP contribution in [0.4, 0.5) is 0 Å². The van der Waals surface area contributed by atoms with E-state index in [1.54, 1.807) is 24.7 Å². The Morgan fingerprint density at radius 1 is 1.16 bits per heavy atom. The van der Waals surface area contributed by atoms with Gasteiger partial charge in [0, 0.05) is 23.6 Å². The molecule has 0 fully saturated rings. The van der Waals surface area contributed by atoms with E-state index in [0.29, 0.717) is 11.3 Å². The van der Waals surface area contributed by atoms with Gasteiger partial charge in [-0.1, -0.05) is 6.07 Å². The van der Waals surface area contributed by atoms with Gasteiger partial charge in [-0.3, -0.25) is 4.79 Å². The van der Waals surface area contributed by atoms with Crippen LogP contribution in [0.3, 0.4) is 0 Å². The highest BCUT2D eigenvalue weighted by Crippen LogP contribution is 2.34. The molecule has 1 N–H and O–H groups in total. The minimum Gasteiger partial charge on any atom is -0.454 e. The fourth-order valence-electron chi connectivity index (χ4n) is 2.74. The van der Waals surface area contributed by atoms with Crippen molar-refractivity contribution in [3.05, 3.63) is 72.3 Å². The summed E-state index contributed by atoms with van der Waals surface area (Å²) in [5.74, 6) is 1.32. The van der Waals surface area contributed by atoms with E-state index in [4.69, 9.17) is 9.47 Å². The number of nitrogens with one attached hydrogen (secondary N) is 1. The van der Waals surface area contributed by atoms with E-state index in [2.05, 4.69) is 10.3 Å². The minimum atomic E-state index is -0.143. The Morgan fingerprint density at radius 2 is 1.96 bits per heavy atom. The molecular weight excluding hydrogens is 318 g/mol. The Hall–Kier alpha value is -3.28. The van der Waals surface area contributed by atoms with Crippen LogP contribution in [0.5, 0.6) is 11.5 Å². The lowest BCUT2D eigenvalue weighted by Gasteiger charge is -2.15. The number of ether oxygens (including phenoxy) is 2.